The van der Waals surface area contributed by atoms with Crippen LogP contribution in [0.2, 0.25) is 0 Å². The number of amides is 2. The lowest BCUT2D eigenvalue weighted by Gasteiger charge is -2.19. The molecule has 1 saturated heterocycles. The van der Waals surface area contributed by atoms with Crippen LogP contribution in [0.5, 0.6) is 5.75 Å². The topological polar surface area (TPSA) is 101 Å². The number of nitrogens with zero attached hydrogens (tertiary/aromatic N) is 4. The van der Waals surface area contributed by atoms with Gasteiger partial charge in [0.05, 0.1) is 5.52 Å². The molecule has 34 heavy (non-hydrogen) atoms. The third-order valence-electron chi connectivity index (χ3n) is 5.69. The number of carbonyl (C=O) groups is 2. The molecule has 1 aromatic heterocycles. The second-order valence-corrected chi connectivity index (χ2v) is 8.03. The van der Waals surface area contributed by atoms with Crippen molar-refractivity contribution in [3.8, 4) is 5.75 Å². The van der Waals surface area contributed by atoms with Crippen molar-refractivity contribution in [3.63, 3.8) is 0 Å². The van der Waals surface area contributed by atoms with E-state index in [9.17, 15) is 22.8 Å². The lowest BCUT2D eigenvalue weighted by molar-refractivity contribution is -0.274. The predicted octanol–water partition coefficient (Wildman–Crippen LogP) is 3.46. The summed E-state index contributed by atoms with van der Waals surface area (Å²) in [6, 6.07) is 10.3. The summed E-state index contributed by atoms with van der Waals surface area (Å²) in [7, 11) is 0. The van der Waals surface area contributed by atoms with Gasteiger partial charge in [-0.2, -0.15) is 0 Å². The number of H-pyrrole nitrogens is 1. The number of ether oxygens (including phenoxy) is 2. The zero-order valence-corrected chi connectivity index (χ0v) is 17.6. The van der Waals surface area contributed by atoms with Crippen molar-refractivity contribution in [1.82, 2.24) is 25.2 Å². The Labute approximate surface area is 190 Å². The molecule has 5 rings (SSSR count). The number of hydrogen-bond donors (Lipinski definition) is 1. The Bertz CT molecular complexity index is 1270. The monoisotopic (exact) mass is 473 g/mol. The van der Waals surface area contributed by atoms with E-state index in [0.29, 0.717) is 36.3 Å². The highest BCUT2D eigenvalue weighted by Gasteiger charge is 2.38. The van der Waals surface area contributed by atoms with Crippen molar-refractivity contribution in [2.75, 3.05) is 19.6 Å². The molecule has 0 aliphatic carbocycles. The maximum Gasteiger partial charge on any atom is 0.573 e. The number of halogens is 3. The van der Waals surface area contributed by atoms with Crippen LogP contribution >= 0.6 is 0 Å². The minimum atomic E-state index is -4.76. The predicted molar refractivity (Wildman–Crippen MR) is 111 cm³/mol. The molecule has 2 aromatic carbocycles. The van der Waals surface area contributed by atoms with Crippen molar-refractivity contribution in [2.24, 2.45) is 5.92 Å². The Morgan fingerprint density at radius 2 is 1.91 bits per heavy atom. The SMILES string of the molecule is O=C(c1ccc2[nH]nnc2c1)N1C=C2CN(C(=O)OCc3ccc(OC(F)(F)F)cc3)C[C@H]2C1. The van der Waals surface area contributed by atoms with E-state index in [4.69, 9.17) is 4.74 Å². The quantitative estimate of drug-likeness (QED) is 0.623. The molecule has 176 valence electrons. The van der Waals surface area contributed by atoms with Crippen molar-refractivity contribution < 1.29 is 32.2 Å². The van der Waals surface area contributed by atoms with Crippen molar-refractivity contribution in [3.05, 3.63) is 65.4 Å². The van der Waals surface area contributed by atoms with E-state index >= 15 is 0 Å². The summed E-state index contributed by atoms with van der Waals surface area (Å²) in [5.74, 6) is -0.480. The first-order chi connectivity index (χ1) is 16.2. The van der Waals surface area contributed by atoms with Gasteiger partial charge >= 0.3 is 12.5 Å². The molecule has 0 bridgehead atoms. The molecule has 1 N–H and O–H groups in total. The Hall–Kier alpha value is -4.09. The zero-order valence-electron chi connectivity index (χ0n) is 17.6. The average molecular weight is 473 g/mol. The smallest absolute Gasteiger partial charge is 0.445 e. The molecule has 3 aromatic rings. The van der Waals surface area contributed by atoms with Crippen LogP contribution in [0.1, 0.15) is 15.9 Å². The third kappa shape index (κ3) is 4.51. The molecule has 12 heteroatoms. The van der Waals surface area contributed by atoms with Crippen LogP contribution in [0.25, 0.3) is 11.0 Å². The zero-order chi connectivity index (χ0) is 23.9. The van der Waals surface area contributed by atoms with Gasteiger partial charge in [0.2, 0.25) is 0 Å². The van der Waals surface area contributed by atoms with Gasteiger partial charge in [0.25, 0.3) is 5.91 Å². The molecule has 0 saturated carbocycles. The van der Waals surface area contributed by atoms with Gasteiger partial charge in [-0.3, -0.25) is 9.89 Å². The second-order valence-electron chi connectivity index (χ2n) is 8.03. The van der Waals surface area contributed by atoms with Crippen molar-refractivity contribution in [2.45, 2.75) is 13.0 Å². The standard InChI is InChI=1S/C22H18F3N5O4/c23-22(24,25)34-17-4-1-13(2-5-17)12-33-21(32)30-10-15-8-29(9-16(15)11-30)20(31)14-3-6-18-19(7-14)27-28-26-18/h1-8,16H,9-12H2,(H,26,27,28)/t16-/m1/s1. The van der Waals surface area contributed by atoms with Crippen LogP contribution in [-0.4, -0.2) is 63.2 Å². The number of rotatable bonds is 4. The van der Waals surface area contributed by atoms with Gasteiger partial charge < -0.3 is 19.3 Å². The fourth-order valence-corrected chi connectivity index (χ4v) is 4.05. The van der Waals surface area contributed by atoms with Crippen molar-refractivity contribution in [1.29, 1.82) is 0 Å². The summed E-state index contributed by atoms with van der Waals surface area (Å²) in [5.41, 5.74) is 3.34. The number of fused-ring (bicyclic) bond motifs is 2. The van der Waals surface area contributed by atoms with Crippen LogP contribution in [0.15, 0.2) is 54.2 Å². The highest BCUT2D eigenvalue weighted by molar-refractivity contribution is 5.98. The first kappa shape index (κ1) is 21.7. The number of aromatic nitrogens is 3. The van der Waals surface area contributed by atoms with Crippen LogP contribution in [0.3, 0.4) is 0 Å². The maximum absolute atomic E-state index is 12.9. The largest absolute Gasteiger partial charge is 0.573 e. The lowest BCUT2D eigenvalue weighted by atomic mass is 10.1. The summed E-state index contributed by atoms with van der Waals surface area (Å²) < 4.78 is 45.8. The van der Waals surface area contributed by atoms with Gasteiger partial charge in [0, 0.05) is 37.3 Å². The normalized spacial score (nSPS) is 17.6. The number of likely N-dealkylation sites (tertiary alicyclic amines) is 1. The van der Waals surface area contributed by atoms with E-state index in [-0.39, 0.29) is 24.2 Å². The molecule has 9 nitrogen and oxygen atoms in total. The van der Waals surface area contributed by atoms with Gasteiger partial charge in [-0.05, 0) is 41.5 Å². The minimum Gasteiger partial charge on any atom is -0.445 e. The third-order valence-corrected chi connectivity index (χ3v) is 5.69. The van der Waals surface area contributed by atoms with Gasteiger partial charge in [-0.15, -0.1) is 18.3 Å². The van der Waals surface area contributed by atoms with E-state index in [1.807, 2.05) is 0 Å². The maximum atomic E-state index is 12.9. The summed E-state index contributed by atoms with van der Waals surface area (Å²) in [4.78, 5) is 28.5. The average Bonchev–Trinajstić information content (AvgIpc) is 3.51. The first-order valence-electron chi connectivity index (χ1n) is 10.3. The minimum absolute atomic E-state index is 0.0195. The van der Waals surface area contributed by atoms with Gasteiger partial charge in [-0.25, -0.2) is 4.79 Å². The highest BCUT2D eigenvalue weighted by atomic mass is 19.4. The van der Waals surface area contributed by atoms with Gasteiger partial charge in [-0.1, -0.05) is 17.3 Å². The fraction of sp³-hybridized carbons (Fsp3) is 0.273. The van der Waals surface area contributed by atoms with Gasteiger partial charge in [0.15, 0.2) is 0 Å². The Kier molecular flexibility index (Phi) is 5.34. The lowest BCUT2D eigenvalue weighted by Crippen LogP contribution is -2.33. The summed E-state index contributed by atoms with van der Waals surface area (Å²) in [6.07, 6.45) is -3.52. The summed E-state index contributed by atoms with van der Waals surface area (Å²) in [5, 5.41) is 10.4. The van der Waals surface area contributed by atoms with Gasteiger partial charge in [0.1, 0.15) is 17.9 Å². The molecular weight excluding hydrogens is 455 g/mol. The fourth-order valence-electron chi connectivity index (χ4n) is 4.05. The van der Waals surface area contributed by atoms with Crippen LogP contribution in [-0.2, 0) is 11.3 Å². The molecule has 2 aliphatic heterocycles. The van der Waals surface area contributed by atoms with Crippen LogP contribution in [0.4, 0.5) is 18.0 Å². The molecule has 1 fully saturated rings. The van der Waals surface area contributed by atoms with E-state index in [1.165, 1.54) is 12.1 Å². The summed E-state index contributed by atoms with van der Waals surface area (Å²) in [6.45, 7) is 1.12. The van der Waals surface area contributed by atoms with Crippen LogP contribution < -0.4 is 4.74 Å². The number of nitrogens with one attached hydrogen (secondary N) is 1. The van der Waals surface area contributed by atoms with Crippen LogP contribution in [0, 0.1) is 5.92 Å². The number of aromatic amines is 1. The number of alkyl halides is 3. The van der Waals surface area contributed by atoms with E-state index in [0.717, 1.165) is 23.2 Å². The second kappa shape index (κ2) is 8.36. The number of benzene rings is 2. The molecule has 0 spiro atoms. The molecule has 2 amide bonds. The Balaban J connectivity index is 1.15. The van der Waals surface area contributed by atoms with E-state index in [2.05, 4.69) is 20.1 Å². The summed E-state index contributed by atoms with van der Waals surface area (Å²) >= 11 is 0. The number of hydrogen-bond acceptors (Lipinski definition) is 6. The highest BCUT2D eigenvalue weighted by Crippen LogP contribution is 2.31. The Morgan fingerprint density at radius 3 is 2.65 bits per heavy atom. The Morgan fingerprint density at radius 1 is 1.12 bits per heavy atom. The molecule has 0 radical (unpaired) electrons. The van der Waals surface area contributed by atoms with Crippen molar-refractivity contribution >= 4 is 23.0 Å². The molecule has 0 unspecified atom stereocenters. The molecular formula is C22H18F3N5O4. The first-order valence-corrected chi connectivity index (χ1v) is 10.3. The molecule has 1 atom stereocenters. The number of carbonyl (C=O) groups excluding carboxylic acids is 2. The molecule has 2 aliphatic rings. The molecule has 3 heterocycles. The van der Waals surface area contributed by atoms with E-state index < -0.39 is 12.5 Å². The van der Waals surface area contributed by atoms with E-state index in [1.54, 1.807) is 34.2 Å².